The van der Waals surface area contributed by atoms with Crippen molar-refractivity contribution in [3.8, 4) is 0 Å². The molecule has 1 atom stereocenters. The smallest absolute Gasteiger partial charge is 0.269 e. The van der Waals surface area contributed by atoms with Crippen LogP contribution in [0.4, 0.5) is 11.4 Å². The first-order chi connectivity index (χ1) is 9.49. The number of carbonyl (C=O) groups excluding carboxylic acids is 1. The second-order valence-corrected chi connectivity index (χ2v) is 5.28. The Morgan fingerprint density at radius 2 is 2.00 bits per heavy atom. The zero-order valence-corrected chi connectivity index (χ0v) is 11.7. The first-order valence-electron chi connectivity index (χ1n) is 6.81. The van der Waals surface area contributed by atoms with E-state index >= 15 is 0 Å². The van der Waals surface area contributed by atoms with Gasteiger partial charge in [0.15, 0.2) is 0 Å². The highest BCUT2D eigenvalue weighted by Crippen LogP contribution is 2.23. The highest BCUT2D eigenvalue weighted by atomic mass is 16.6. The first kappa shape index (κ1) is 14.5. The summed E-state index contributed by atoms with van der Waals surface area (Å²) in [6.45, 7) is 4.68. The van der Waals surface area contributed by atoms with Gasteiger partial charge in [0, 0.05) is 30.4 Å². The molecule has 1 aromatic carbocycles. The lowest BCUT2D eigenvalue weighted by molar-refractivity contribution is -0.384. The van der Waals surface area contributed by atoms with Crippen LogP contribution in [-0.2, 0) is 4.79 Å². The van der Waals surface area contributed by atoms with Gasteiger partial charge in [0.2, 0.25) is 5.91 Å². The molecule has 1 saturated heterocycles. The third-order valence-corrected chi connectivity index (χ3v) is 3.35. The van der Waals surface area contributed by atoms with Crippen LogP contribution in [0.25, 0.3) is 0 Å². The number of non-ortho nitro benzene ring substituents is 1. The number of nitrogens with zero attached hydrogens (tertiary/aromatic N) is 2. The lowest BCUT2D eigenvalue weighted by Crippen LogP contribution is -2.52. The summed E-state index contributed by atoms with van der Waals surface area (Å²) in [7, 11) is 0. The summed E-state index contributed by atoms with van der Waals surface area (Å²) in [6.07, 6.45) is 1.76. The van der Waals surface area contributed by atoms with Crippen molar-refractivity contribution in [1.82, 2.24) is 5.32 Å². The maximum atomic E-state index is 12.4. The Morgan fingerprint density at radius 1 is 1.35 bits per heavy atom. The number of piperidine rings is 1. The number of hydrogen-bond donors (Lipinski definition) is 1. The number of anilines is 1. The van der Waals surface area contributed by atoms with Crippen molar-refractivity contribution in [1.29, 1.82) is 0 Å². The number of benzene rings is 1. The molecule has 1 N–H and O–H groups in total. The van der Waals surface area contributed by atoms with Crippen LogP contribution in [-0.4, -0.2) is 29.5 Å². The van der Waals surface area contributed by atoms with Gasteiger partial charge in [-0.05, 0) is 25.0 Å². The van der Waals surface area contributed by atoms with E-state index in [0.29, 0.717) is 6.54 Å². The number of carbonyl (C=O) groups is 1. The van der Waals surface area contributed by atoms with Gasteiger partial charge < -0.3 is 10.2 Å². The summed E-state index contributed by atoms with van der Waals surface area (Å²) >= 11 is 0. The van der Waals surface area contributed by atoms with Crippen molar-refractivity contribution in [3.05, 3.63) is 34.4 Å². The largest absolute Gasteiger partial charge is 0.311 e. The Balaban J connectivity index is 2.14. The molecule has 1 heterocycles. The van der Waals surface area contributed by atoms with Crippen LogP contribution in [0.1, 0.15) is 26.7 Å². The minimum absolute atomic E-state index is 0.0371. The molecule has 0 saturated carbocycles. The average Bonchev–Trinajstić information content (AvgIpc) is 2.41. The summed E-state index contributed by atoms with van der Waals surface area (Å²) in [4.78, 5) is 24.3. The van der Waals surface area contributed by atoms with E-state index in [1.165, 1.54) is 12.1 Å². The fourth-order valence-electron chi connectivity index (χ4n) is 2.44. The zero-order valence-electron chi connectivity index (χ0n) is 11.7. The number of hydrogen-bond acceptors (Lipinski definition) is 4. The predicted molar refractivity (Wildman–Crippen MR) is 76.7 cm³/mol. The third-order valence-electron chi connectivity index (χ3n) is 3.35. The minimum Gasteiger partial charge on any atom is -0.311 e. The number of amides is 1. The summed E-state index contributed by atoms with van der Waals surface area (Å²) in [5.41, 5.74) is 0.755. The van der Waals surface area contributed by atoms with Gasteiger partial charge in [0.1, 0.15) is 0 Å². The SMILES string of the molecule is CC(C)NC1CCCN(c2ccc([N+](=O)[O-])cc2)C1=O. The second-order valence-electron chi connectivity index (χ2n) is 5.28. The molecule has 6 heteroatoms. The van der Waals surface area contributed by atoms with E-state index in [0.717, 1.165) is 18.5 Å². The zero-order chi connectivity index (χ0) is 14.7. The minimum atomic E-state index is -0.440. The molecule has 0 bridgehead atoms. The van der Waals surface area contributed by atoms with Crippen molar-refractivity contribution in [3.63, 3.8) is 0 Å². The fourth-order valence-corrected chi connectivity index (χ4v) is 2.44. The van der Waals surface area contributed by atoms with E-state index < -0.39 is 4.92 Å². The molecule has 2 rings (SSSR count). The predicted octanol–water partition coefficient (Wildman–Crippen LogP) is 2.09. The van der Waals surface area contributed by atoms with Crippen molar-refractivity contribution in [2.24, 2.45) is 0 Å². The van der Waals surface area contributed by atoms with Crippen molar-refractivity contribution < 1.29 is 9.72 Å². The van der Waals surface area contributed by atoms with Crippen molar-refractivity contribution >= 4 is 17.3 Å². The van der Waals surface area contributed by atoms with E-state index in [1.807, 2.05) is 13.8 Å². The Morgan fingerprint density at radius 3 is 2.55 bits per heavy atom. The normalized spacial score (nSPS) is 19.4. The van der Waals surface area contributed by atoms with Crippen LogP contribution in [0.5, 0.6) is 0 Å². The van der Waals surface area contributed by atoms with Crippen molar-refractivity contribution in [2.75, 3.05) is 11.4 Å². The standard InChI is InChI=1S/C14H19N3O3/c1-10(2)15-13-4-3-9-16(14(13)18)11-5-7-12(8-6-11)17(19)20/h5-8,10,13,15H,3-4,9H2,1-2H3. The van der Waals surface area contributed by atoms with Gasteiger partial charge in [-0.2, -0.15) is 0 Å². The molecule has 108 valence electrons. The van der Waals surface area contributed by atoms with Crippen LogP contribution in [0, 0.1) is 10.1 Å². The molecule has 0 aliphatic carbocycles. The average molecular weight is 277 g/mol. The molecular formula is C14H19N3O3. The van der Waals surface area contributed by atoms with E-state index in [2.05, 4.69) is 5.32 Å². The molecule has 0 radical (unpaired) electrons. The summed E-state index contributed by atoms with van der Waals surface area (Å²) in [6, 6.07) is 6.21. The third kappa shape index (κ3) is 3.14. The summed E-state index contributed by atoms with van der Waals surface area (Å²) in [5, 5.41) is 13.9. The number of nitrogens with one attached hydrogen (secondary N) is 1. The quantitative estimate of drug-likeness (QED) is 0.675. The van der Waals surface area contributed by atoms with E-state index in [1.54, 1.807) is 17.0 Å². The van der Waals surface area contributed by atoms with Gasteiger partial charge in [0.05, 0.1) is 11.0 Å². The van der Waals surface area contributed by atoms with Gasteiger partial charge >= 0.3 is 0 Å². The van der Waals surface area contributed by atoms with Gasteiger partial charge in [-0.3, -0.25) is 14.9 Å². The fraction of sp³-hybridized carbons (Fsp3) is 0.500. The maximum absolute atomic E-state index is 12.4. The van der Waals surface area contributed by atoms with Gasteiger partial charge in [-0.1, -0.05) is 13.8 Å². The van der Waals surface area contributed by atoms with Gasteiger partial charge in [0.25, 0.3) is 5.69 Å². The topological polar surface area (TPSA) is 75.5 Å². The van der Waals surface area contributed by atoms with Crippen molar-refractivity contribution in [2.45, 2.75) is 38.8 Å². The monoisotopic (exact) mass is 277 g/mol. The van der Waals surface area contributed by atoms with E-state index in [4.69, 9.17) is 0 Å². The molecule has 1 unspecified atom stereocenters. The summed E-state index contributed by atoms with van der Waals surface area (Å²) < 4.78 is 0. The van der Waals surface area contributed by atoms with Crippen LogP contribution in [0.2, 0.25) is 0 Å². The Bertz CT molecular complexity index is 499. The van der Waals surface area contributed by atoms with Crippen LogP contribution in [0.3, 0.4) is 0 Å². The molecular weight excluding hydrogens is 258 g/mol. The molecule has 20 heavy (non-hydrogen) atoms. The highest BCUT2D eigenvalue weighted by molar-refractivity contribution is 5.98. The molecule has 6 nitrogen and oxygen atoms in total. The van der Waals surface area contributed by atoms with E-state index in [-0.39, 0.29) is 23.7 Å². The first-order valence-corrected chi connectivity index (χ1v) is 6.81. The number of nitro benzene ring substituents is 1. The van der Waals surface area contributed by atoms with Gasteiger partial charge in [-0.15, -0.1) is 0 Å². The Hall–Kier alpha value is -1.95. The van der Waals surface area contributed by atoms with Gasteiger partial charge in [-0.25, -0.2) is 0 Å². The van der Waals surface area contributed by atoms with Crippen LogP contribution >= 0.6 is 0 Å². The molecule has 1 amide bonds. The number of rotatable bonds is 4. The van der Waals surface area contributed by atoms with Crippen LogP contribution < -0.4 is 10.2 Å². The lowest BCUT2D eigenvalue weighted by Gasteiger charge is -2.33. The molecule has 0 spiro atoms. The maximum Gasteiger partial charge on any atom is 0.269 e. The second kappa shape index (κ2) is 6.00. The van der Waals surface area contributed by atoms with Crippen LogP contribution in [0.15, 0.2) is 24.3 Å². The summed E-state index contributed by atoms with van der Waals surface area (Å²) in [5.74, 6) is 0.0406. The molecule has 1 aliphatic heterocycles. The lowest BCUT2D eigenvalue weighted by atomic mass is 10.0. The molecule has 0 aromatic heterocycles. The molecule has 1 fully saturated rings. The Labute approximate surface area is 117 Å². The number of nitro groups is 1. The highest BCUT2D eigenvalue weighted by Gasteiger charge is 2.29. The molecule has 1 aliphatic rings. The Kier molecular flexibility index (Phi) is 4.34. The van der Waals surface area contributed by atoms with E-state index in [9.17, 15) is 14.9 Å². The molecule has 1 aromatic rings.